The van der Waals surface area contributed by atoms with Crippen molar-refractivity contribution in [1.29, 1.82) is 0 Å². The van der Waals surface area contributed by atoms with Gasteiger partial charge in [0.2, 0.25) is 0 Å². The van der Waals surface area contributed by atoms with Gasteiger partial charge >= 0.3 is 0 Å². The fourth-order valence-electron chi connectivity index (χ4n) is 1.91. The zero-order valence-electron chi connectivity index (χ0n) is 10.1. The minimum absolute atomic E-state index is 0.0755. The van der Waals surface area contributed by atoms with Gasteiger partial charge in [0, 0.05) is 0 Å². The molecule has 2 rings (SSSR count). The molecule has 0 amide bonds. The van der Waals surface area contributed by atoms with E-state index >= 15 is 0 Å². The number of hydrogen-bond acceptors (Lipinski definition) is 2. The summed E-state index contributed by atoms with van der Waals surface area (Å²) < 4.78 is 18.5. The first kappa shape index (κ1) is 13.1. The van der Waals surface area contributed by atoms with Crippen LogP contribution in [0.4, 0.5) is 4.39 Å². The molecule has 0 saturated carbocycles. The predicted octanol–water partition coefficient (Wildman–Crippen LogP) is 3.97. The van der Waals surface area contributed by atoms with Crippen LogP contribution in [0.25, 0.3) is 0 Å². The molecule has 1 aromatic carbocycles. The molecule has 96 valence electrons. The quantitative estimate of drug-likeness (QED) is 0.887. The van der Waals surface area contributed by atoms with Crippen LogP contribution < -0.4 is 5.32 Å². The summed E-state index contributed by atoms with van der Waals surface area (Å²) in [5.74, 6) is 0.482. The molecule has 0 aliphatic heterocycles. The molecular formula is C14H15ClFNO. The van der Waals surface area contributed by atoms with E-state index in [-0.39, 0.29) is 11.1 Å². The van der Waals surface area contributed by atoms with Crippen LogP contribution in [0.3, 0.4) is 0 Å². The third-order valence-electron chi connectivity index (χ3n) is 2.76. The van der Waals surface area contributed by atoms with Crippen LogP contribution in [-0.2, 0) is 6.42 Å². The molecule has 1 aromatic heterocycles. The maximum Gasteiger partial charge on any atom is 0.141 e. The Bertz CT molecular complexity index is 499. The lowest BCUT2D eigenvalue weighted by Crippen LogP contribution is -2.22. The molecule has 2 nitrogen and oxygen atoms in total. The van der Waals surface area contributed by atoms with Crippen molar-refractivity contribution < 1.29 is 8.81 Å². The molecule has 0 bridgehead atoms. The van der Waals surface area contributed by atoms with Gasteiger partial charge in [-0.2, -0.15) is 0 Å². The average molecular weight is 268 g/mol. The van der Waals surface area contributed by atoms with Crippen LogP contribution in [-0.4, -0.2) is 6.54 Å². The highest BCUT2D eigenvalue weighted by atomic mass is 35.5. The molecule has 0 spiro atoms. The summed E-state index contributed by atoms with van der Waals surface area (Å²) in [7, 11) is 0. The number of furan rings is 1. The number of hydrogen-bond donors (Lipinski definition) is 1. The van der Waals surface area contributed by atoms with Crippen LogP contribution in [0, 0.1) is 5.82 Å². The van der Waals surface area contributed by atoms with E-state index in [1.54, 1.807) is 18.4 Å². The van der Waals surface area contributed by atoms with Crippen LogP contribution in [0.15, 0.2) is 41.0 Å². The molecule has 4 heteroatoms. The van der Waals surface area contributed by atoms with Crippen LogP contribution >= 0.6 is 11.6 Å². The van der Waals surface area contributed by atoms with Crippen molar-refractivity contribution >= 4 is 11.6 Å². The average Bonchev–Trinajstić information content (AvgIpc) is 2.87. The Kier molecular flexibility index (Phi) is 4.39. The smallest absolute Gasteiger partial charge is 0.141 e. The van der Waals surface area contributed by atoms with E-state index in [1.165, 1.54) is 6.07 Å². The SMILES string of the molecule is CCNC(Cc1ccc(F)c(Cl)c1)c1ccco1. The van der Waals surface area contributed by atoms with Gasteiger partial charge in [-0.1, -0.05) is 24.6 Å². The van der Waals surface area contributed by atoms with Gasteiger partial charge in [-0.15, -0.1) is 0 Å². The van der Waals surface area contributed by atoms with Crippen molar-refractivity contribution in [1.82, 2.24) is 5.32 Å². The molecule has 0 fully saturated rings. The van der Waals surface area contributed by atoms with Crippen molar-refractivity contribution in [3.8, 4) is 0 Å². The third-order valence-corrected chi connectivity index (χ3v) is 3.05. The van der Waals surface area contributed by atoms with E-state index < -0.39 is 5.82 Å². The first-order valence-electron chi connectivity index (χ1n) is 5.91. The second-order valence-corrected chi connectivity index (χ2v) is 4.49. The van der Waals surface area contributed by atoms with Gasteiger partial charge in [-0.25, -0.2) is 4.39 Å². The summed E-state index contributed by atoms with van der Waals surface area (Å²) in [6.45, 7) is 2.87. The summed E-state index contributed by atoms with van der Waals surface area (Å²) in [4.78, 5) is 0. The van der Waals surface area contributed by atoms with Crippen LogP contribution in [0.2, 0.25) is 5.02 Å². The summed E-state index contributed by atoms with van der Waals surface area (Å²) in [5, 5.41) is 3.49. The number of benzene rings is 1. The van der Waals surface area contributed by atoms with E-state index in [1.807, 2.05) is 19.1 Å². The molecule has 2 aromatic rings. The van der Waals surface area contributed by atoms with E-state index in [0.717, 1.165) is 17.9 Å². The lowest BCUT2D eigenvalue weighted by molar-refractivity contribution is 0.416. The largest absolute Gasteiger partial charge is 0.468 e. The second kappa shape index (κ2) is 6.03. The van der Waals surface area contributed by atoms with Crippen molar-refractivity contribution in [3.05, 3.63) is 58.8 Å². The van der Waals surface area contributed by atoms with Crippen molar-refractivity contribution in [2.24, 2.45) is 0 Å². The highest BCUT2D eigenvalue weighted by molar-refractivity contribution is 6.30. The minimum atomic E-state index is -0.390. The molecule has 1 heterocycles. The lowest BCUT2D eigenvalue weighted by atomic mass is 10.0. The van der Waals surface area contributed by atoms with Gasteiger partial charge in [0.1, 0.15) is 11.6 Å². The maximum atomic E-state index is 13.1. The molecule has 1 unspecified atom stereocenters. The van der Waals surface area contributed by atoms with E-state index in [9.17, 15) is 4.39 Å². The summed E-state index contributed by atoms with van der Waals surface area (Å²) in [6.07, 6.45) is 2.36. The van der Waals surface area contributed by atoms with E-state index in [2.05, 4.69) is 5.32 Å². The fourth-order valence-corrected chi connectivity index (χ4v) is 2.11. The molecule has 0 aliphatic rings. The van der Waals surface area contributed by atoms with E-state index in [0.29, 0.717) is 6.42 Å². The van der Waals surface area contributed by atoms with Crippen molar-refractivity contribution in [3.63, 3.8) is 0 Å². The Morgan fingerprint density at radius 3 is 2.83 bits per heavy atom. The van der Waals surface area contributed by atoms with Gasteiger partial charge < -0.3 is 9.73 Å². The van der Waals surface area contributed by atoms with Crippen LogP contribution in [0.5, 0.6) is 0 Å². The Hall–Kier alpha value is -1.32. The Labute approximate surface area is 111 Å². The maximum absolute atomic E-state index is 13.1. The second-order valence-electron chi connectivity index (χ2n) is 4.08. The Morgan fingerprint density at radius 2 is 2.22 bits per heavy atom. The number of nitrogens with one attached hydrogen (secondary N) is 1. The zero-order valence-corrected chi connectivity index (χ0v) is 10.9. The lowest BCUT2D eigenvalue weighted by Gasteiger charge is -2.15. The van der Waals surface area contributed by atoms with Crippen molar-refractivity contribution in [2.45, 2.75) is 19.4 Å². The van der Waals surface area contributed by atoms with Crippen molar-refractivity contribution in [2.75, 3.05) is 6.54 Å². The number of likely N-dealkylation sites (N-methyl/N-ethyl adjacent to an activating group) is 1. The molecule has 0 aliphatic carbocycles. The number of rotatable bonds is 5. The zero-order chi connectivity index (χ0) is 13.0. The molecule has 0 saturated heterocycles. The first-order valence-corrected chi connectivity index (χ1v) is 6.29. The summed E-state index contributed by atoms with van der Waals surface area (Å²) in [6, 6.07) is 8.66. The van der Waals surface area contributed by atoms with E-state index in [4.69, 9.17) is 16.0 Å². The summed E-state index contributed by atoms with van der Waals surface area (Å²) in [5.41, 5.74) is 0.976. The molecular weight excluding hydrogens is 253 g/mol. The molecule has 18 heavy (non-hydrogen) atoms. The molecule has 1 atom stereocenters. The van der Waals surface area contributed by atoms with Gasteiger partial charge in [0.15, 0.2) is 0 Å². The summed E-state index contributed by atoms with van der Waals surface area (Å²) >= 11 is 5.78. The third kappa shape index (κ3) is 3.12. The Balaban J connectivity index is 2.16. The molecule has 1 N–H and O–H groups in total. The number of halogens is 2. The topological polar surface area (TPSA) is 25.2 Å². The molecule has 0 radical (unpaired) electrons. The predicted molar refractivity (Wildman–Crippen MR) is 70.2 cm³/mol. The van der Waals surface area contributed by atoms with Gasteiger partial charge in [0.05, 0.1) is 17.3 Å². The first-order chi connectivity index (χ1) is 8.70. The van der Waals surface area contributed by atoms with Gasteiger partial charge in [-0.05, 0) is 42.8 Å². The van der Waals surface area contributed by atoms with Crippen LogP contribution in [0.1, 0.15) is 24.3 Å². The highest BCUT2D eigenvalue weighted by Gasteiger charge is 2.14. The highest BCUT2D eigenvalue weighted by Crippen LogP contribution is 2.22. The minimum Gasteiger partial charge on any atom is -0.468 e. The van der Waals surface area contributed by atoms with Gasteiger partial charge in [-0.3, -0.25) is 0 Å². The Morgan fingerprint density at radius 1 is 1.39 bits per heavy atom. The standard InChI is InChI=1S/C14H15ClFNO/c1-2-17-13(14-4-3-7-18-14)9-10-5-6-12(16)11(15)8-10/h3-8,13,17H,2,9H2,1H3. The monoisotopic (exact) mass is 267 g/mol. The fraction of sp³-hybridized carbons (Fsp3) is 0.286. The normalized spacial score (nSPS) is 12.6. The van der Waals surface area contributed by atoms with Gasteiger partial charge in [0.25, 0.3) is 0 Å².